The lowest BCUT2D eigenvalue weighted by Gasteiger charge is -2.39. The zero-order chi connectivity index (χ0) is 23.3. The number of benzene rings is 2. The first-order chi connectivity index (χ1) is 16.1. The van der Waals surface area contributed by atoms with E-state index < -0.39 is 5.54 Å². The maximum absolute atomic E-state index is 13.1. The van der Waals surface area contributed by atoms with Crippen molar-refractivity contribution in [3.05, 3.63) is 54.6 Å². The topological polar surface area (TPSA) is 84.0 Å². The number of aromatic nitrogens is 3. The van der Waals surface area contributed by atoms with Gasteiger partial charge in [-0.2, -0.15) is 5.26 Å². The average Bonchev–Trinajstić information content (AvgIpc) is 3.31. The number of hydrogen-bond acceptors (Lipinski definition) is 6. The van der Waals surface area contributed by atoms with Crippen LogP contribution in [0.5, 0.6) is 5.75 Å². The smallest absolute Gasteiger partial charge is 0.234 e. The zero-order valence-corrected chi connectivity index (χ0v) is 19.7. The Hall–Kier alpha value is -3.31. The standard InChI is InChI=1S/C25H27N5O2S/c1-29(25(18-26)15-7-4-8-16-25)22(31)17-33-24-28-27-23(19-9-5-3-6-10-19)30(24)20-11-13-21(32-2)14-12-20/h3,5-6,9-14H,4,7-8,15-17H2,1-2H3. The third kappa shape index (κ3) is 4.74. The number of methoxy groups -OCH3 is 1. The Balaban J connectivity index is 1.60. The summed E-state index contributed by atoms with van der Waals surface area (Å²) in [6.45, 7) is 0. The monoisotopic (exact) mass is 461 g/mol. The summed E-state index contributed by atoms with van der Waals surface area (Å²) in [7, 11) is 3.38. The number of nitrogens with zero attached hydrogens (tertiary/aromatic N) is 5. The lowest BCUT2D eigenvalue weighted by atomic mass is 9.81. The minimum absolute atomic E-state index is 0.0750. The van der Waals surface area contributed by atoms with Crippen molar-refractivity contribution in [3.63, 3.8) is 0 Å². The first-order valence-corrected chi connectivity index (χ1v) is 12.0. The van der Waals surface area contributed by atoms with Crippen LogP contribution >= 0.6 is 11.8 Å². The molecule has 1 fully saturated rings. The number of ether oxygens (including phenoxy) is 1. The summed E-state index contributed by atoms with van der Waals surface area (Å²) in [4.78, 5) is 14.7. The van der Waals surface area contributed by atoms with Crippen LogP contribution in [-0.2, 0) is 4.79 Å². The van der Waals surface area contributed by atoms with E-state index in [-0.39, 0.29) is 11.7 Å². The van der Waals surface area contributed by atoms with Crippen LogP contribution in [0.1, 0.15) is 32.1 Å². The molecule has 1 aliphatic rings. The van der Waals surface area contributed by atoms with E-state index in [2.05, 4.69) is 16.3 Å². The molecule has 0 N–H and O–H groups in total. The van der Waals surface area contributed by atoms with Gasteiger partial charge in [0, 0.05) is 18.3 Å². The van der Waals surface area contributed by atoms with Crippen molar-refractivity contribution in [2.75, 3.05) is 19.9 Å². The number of thioether (sulfide) groups is 1. The molecule has 1 heterocycles. The minimum Gasteiger partial charge on any atom is -0.497 e. The molecule has 0 bridgehead atoms. The summed E-state index contributed by atoms with van der Waals surface area (Å²) in [5.41, 5.74) is 1.11. The summed E-state index contributed by atoms with van der Waals surface area (Å²) in [6.07, 6.45) is 4.54. The van der Waals surface area contributed by atoms with Crippen molar-refractivity contribution in [2.24, 2.45) is 0 Å². The van der Waals surface area contributed by atoms with Gasteiger partial charge >= 0.3 is 0 Å². The fourth-order valence-electron chi connectivity index (χ4n) is 4.22. The van der Waals surface area contributed by atoms with E-state index in [1.165, 1.54) is 11.8 Å². The van der Waals surface area contributed by atoms with Crippen LogP contribution < -0.4 is 4.74 Å². The van der Waals surface area contributed by atoms with E-state index in [1.807, 2.05) is 59.2 Å². The number of amides is 1. The number of carbonyl (C=O) groups is 1. The van der Waals surface area contributed by atoms with Crippen molar-refractivity contribution in [3.8, 4) is 28.9 Å². The molecule has 8 heteroatoms. The lowest BCUT2D eigenvalue weighted by Crippen LogP contribution is -2.50. The summed E-state index contributed by atoms with van der Waals surface area (Å²) in [5, 5.41) is 19.3. The Morgan fingerprint density at radius 2 is 1.82 bits per heavy atom. The fraction of sp³-hybridized carbons (Fsp3) is 0.360. The molecule has 0 atom stereocenters. The van der Waals surface area contributed by atoms with E-state index >= 15 is 0 Å². The lowest BCUT2D eigenvalue weighted by molar-refractivity contribution is -0.131. The summed E-state index contributed by atoms with van der Waals surface area (Å²) < 4.78 is 7.24. The zero-order valence-electron chi connectivity index (χ0n) is 18.9. The average molecular weight is 462 g/mol. The molecule has 2 aromatic carbocycles. The maximum Gasteiger partial charge on any atom is 0.234 e. The molecular formula is C25H27N5O2S. The molecule has 0 spiro atoms. The number of carbonyl (C=O) groups excluding carboxylic acids is 1. The maximum atomic E-state index is 13.1. The molecule has 0 unspecified atom stereocenters. The van der Waals surface area contributed by atoms with Gasteiger partial charge in [-0.05, 0) is 37.1 Å². The van der Waals surface area contributed by atoms with Crippen LogP contribution in [-0.4, -0.2) is 51.0 Å². The summed E-state index contributed by atoms with van der Waals surface area (Å²) in [6, 6.07) is 19.9. The molecule has 0 aliphatic heterocycles. The first kappa shape index (κ1) is 22.9. The Bertz CT molecular complexity index is 1130. The highest BCUT2D eigenvalue weighted by atomic mass is 32.2. The van der Waals surface area contributed by atoms with Crippen molar-refractivity contribution in [1.82, 2.24) is 19.7 Å². The van der Waals surface area contributed by atoms with Crippen LogP contribution in [0.15, 0.2) is 59.8 Å². The molecule has 0 saturated heterocycles. The van der Waals surface area contributed by atoms with Crippen LogP contribution in [0.4, 0.5) is 0 Å². The van der Waals surface area contributed by atoms with Gasteiger partial charge in [-0.3, -0.25) is 9.36 Å². The van der Waals surface area contributed by atoms with Crippen molar-refractivity contribution in [1.29, 1.82) is 5.26 Å². The van der Waals surface area contributed by atoms with Crippen LogP contribution in [0.3, 0.4) is 0 Å². The first-order valence-electron chi connectivity index (χ1n) is 11.0. The van der Waals surface area contributed by atoms with Gasteiger partial charge < -0.3 is 9.64 Å². The highest BCUT2D eigenvalue weighted by Crippen LogP contribution is 2.34. The van der Waals surface area contributed by atoms with Gasteiger partial charge in [0.1, 0.15) is 11.3 Å². The van der Waals surface area contributed by atoms with Gasteiger partial charge in [0.05, 0.1) is 18.9 Å². The molecule has 0 radical (unpaired) electrons. The number of nitriles is 1. The van der Waals surface area contributed by atoms with E-state index in [4.69, 9.17) is 4.74 Å². The van der Waals surface area contributed by atoms with Crippen molar-refractivity contribution >= 4 is 17.7 Å². The predicted octanol–water partition coefficient (Wildman–Crippen LogP) is 4.72. The fourth-order valence-corrected chi connectivity index (χ4v) is 5.09. The Kier molecular flexibility index (Phi) is 6.99. The van der Waals surface area contributed by atoms with Crippen LogP contribution in [0, 0.1) is 11.3 Å². The van der Waals surface area contributed by atoms with Crippen molar-refractivity contribution in [2.45, 2.75) is 42.8 Å². The second-order valence-electron chi connectivity index (χ2n) is 8.15. The third-order valence-corrected chi connectivity index (χ3v) is 7.14. The van der Waals surface area contributed by atoms with E-state index in [0.29, 0.717) is 11.0 Å². The molecule has 1 amide bonds. The highest BCUT2D eigenvalue weighted by molar-refractivity contribution is 7.99. The SMILES string of the molecule is COc1ccc(-n2c(SCC(=O)N(C)C3(C#N)CCCCC3)nnc2-c2ccccc2)cc1. The highest BCUT2D eigenvalue weighted by Gasteiger charge is 2.38. The normalized spacial score (nSPS) is 14.9. The third-order valence-electron chi connectivity index (χ3n) is 6.23. The van der Waals surface area contributed by atoms with Gasteiger partial charge in [-0.1, -0.05) is 61.4 Å². The van der Waals surface area contributed by atoms with Gasteiger partial charge in [0.2, 0.25) is 5.91 Å². The largest absolute Gasteiger partial charge is 0.497 e. The predicted molar refractivity (Wildman–Crippen MR) is 128 cm³/mol. The van der Waals surface area contributed by atoms with E-state index in [0.717, 1.165) is 49.1 Å². The molecule has 3 aromatic rings. The second-order valence-corrected chi connectivity index (χ2v) is 9.09. The van der Waals surface area contributed by atoms with Gasteiger partial charge in [0.15, 0.2) is 11.0 Å². The van der Waals surface area contributed by atoms with Crippen LogP contribution in [0.25, 0.3) is 17.1 Å². The van der Waals surface area contributed by atoms with Crippen LogP contribution in [0.2, 0.25) is 0 Å². The van der Waals surface area contributed by atoms with Gasteiger partial charge in [-0.15, -0.1) is 10.2 Å². The molecule has 1 aliphatic carbocycles. The Labute approximate surface area is 198 Å². The minimum atomic E-state index is -0.700. The molecule has 1 aromatic heterocycles. The molecular weight excluding hydrogens is 434 g/mol. The van der Waals surface area contributed by atoms with E-state index in [9.17, 15) is 10.1 Å². The van der Waals surface area contributed by atoms with Crippen molar-refractivity contribution < 1.29 is 9.53 Å². The molecule has 170 valence electrons. The van der Waals surface area contributed by atoms with E-state index in [1.54, 1.807) is 19.1 Å². The van der Waals surface area contributed by atoms with Gasteiger partial charge in [-0.25, -0.2) is 0 Å². The summed E-state index contributed by atoms with van der Waals surface area (Å²) in [5.74, 6) is 1.57. The molecule has 4 rings (SSSR count). The second kappa shape index (κ2) is 10.1. The summed E-state index contributed by atoms with van der Waals surface area (Å²) >= 11 is 1.33. The molecule has 33 heavy (non-hydrogen) atoms. The van der Waals surface area contributed by atoms with Gasteiger partial charge in [0.25, 0.3) is 0 Å². The Morgan fingerprint density at radius 1 is 1.12 bits per heavy atom. The molecule has 1 saturated carbocycles. The Morgan fingerprint density at radius 3 is 2.45 bits per heavy atom. The number of rotatable bonds is 7. The quantitative estimate of drug-likeness (QED) is 0.474. The molecule has 7 nitrogen and oxygen atoms in total. The number of hydrogen-bond donors (Lipinski definition) is 0.